The lowest BCUT2D eigenvalue weighted by Crippen LogP contribution is -2.45. The van der Waals surface area contributed by atoms with Crippen LogP contribution in [0.1, 0.15) is 52.3 Å². The summed E-state index contributed by atoms with van der Waals surface area (Å²) in [4.78, 5) is 5.05. The first-order valence-corrected chi connectivity index (χ1v) is 10.0. The Bertz CT molecular complexity index is 536. The molecule has 6 heteroatoms. The van der Waals surface area contributed by atoms with Crippen molar-refractivity contribution in [3.8, 4) is 0 Å². The fourth-order valence-electron chi connectivity index (χ4n) is 4.05. The van der Waals surface area contributed by atoms with E-state index in [-0.39, 0.29) is 0 Å². The fourth-order valence-corrected chi connectivity index (χ4v) is 4.05. The van der Waals surface area contributed by atoms with Crippen LogP contribution in [0.3, 0.4) is 0 Å². The van der Waals surface area contributed by atoms with E-state index in [2.05, 4.69) is 52.3 Å². The van der Waals surface area contributed by atoms with E-state index in [0.29, 0.717) is 11.8 Å². The van der Waals surface area contributed by atoms with E-state index in [1.54, 1.807) is 0 Å². The molecule has 0 saturated carbocycles. The van der Waals surface area contributed by atoms with Crippen molar-refractivity contribution in [3.05, 3.63) is 5.82 Å². The molecule has 1 aromatic rings. The third-order valence-electron chi connectivity index (χ3n) is 5.25. The van der Waals surface area contributed by atoms with Crippen LogP contribution in [0.15, 0.2) is 0 Å². The van der Waals surface area contributed by atoms with Gasteiger partial charge in [-0.25, -0.2) is 0 Å². The maximum atomic E-state index is 5.48. The first-order valence-electron chi connectivity index (χ1n) is 10.0. The lowest BCUT2D eigenvalue weighted by molar-refractivity contribution is 0.0296. The molecule has 0 bridgehead atoms. The van der Waals surface area contributed by atoms with Crippen LogP contribution < -0.4 is 4.90 Å². The normalized spacial score (nSPS) is 23.0. The summed E-state index contributed by atoms with van der Waals surface area (Å²) in [6.07, 6.45) is 2.57. The number of hydrogen-bond acceptors (Lipinski definition) is 5. The highest BCUT2D eigenvalue weighted by molar-refractivity contribution is 5.32. The second-order valence-corrected chi connectivity index (χ2v) is 8.38. The molecule has 3 heterocycles. The average molecular weight is 350 g/mol. The van der Waals surface area contributed by atoms with Gasteiger partial charge in [-0.15, -0.1) is 10.2 Å². The van der Waals surface area contributed by atoms with E-state index in [0.717, 1.165) is 63.6 Å². The van der Waals surface area contributed by atoms with Gasteiger partial charge in [0, 0.05) is 45.2 Å². The minimum absolute atomic E-state index is 0.411. The molecule has 25 heavy (non-hydrogen) atoms. The predicted octanol–water partition coefficient (Wildman–Crippen LogP) is 2.61. The lowest BCUT2D eigenvalue weighted by atomic mass is 9.97. The Kier molecular flexibility index (Phi) is 6.34. The molecule has 0 radical (unpaired) electrons. The van der Waals surface area contributed by atoms with Crippen LogP contribution >= 0.6 is 0 Å². The van der Waals surface area contributed by atoms with Gasteiger partial charge in [0.25, 0.3) is 0 Å². The average Bonchev–Trinajstić information content (AvgIpc) is 2.99. The number of ether oxygens (including phenoxy) is 1. The first-order chi connectivity index (χ1) is 12.0. The van der Waals surface area contributed by atoms with E-state index in [1.807, 2.05) is 0 Å². The van der Waals surface area contributed by atoms with Gasteiger partial charge in [0.05, 0.1) is 13.2 Å². The van der Waals surface area contributed by atoms with Crippen molar-refractivity contribution in [1.82, 2.24) is 19.7 Å². The molecule has 0 spiro atoms. The van der Waals surface area contributed by atoms with Crippen molar-refractivity contribution < 1.29 is 4.74 Å². The Morgan fingerprint density at radius 2 is 1.84 bits per heavy atom. The second kappa shape index (κ2) is 8.49. The van der Waals surface area contributed by atoms with Crippen molar-refractivity contribution in [3.63, 3.8) is 0 Å². The Morgan fingerprint density at radius 3 is 2.52 bits per heavy atom. The summed E-state index contributed by atoms with van der Waals surface area (Å²) >= 11 is 0. The van der Waals surface area contributed by atoms with E-state index >= 15 is 0 Å². The van der Waals surface area contributed by atoms with Crippen LogP contribution in [0.4, 0.5) is 5.95 Å². The van der Waals surface area contributed by atoms with E-state index in [4.69, 9.17) is 4.74 Å². The molecule has 0 aliphatic carbocycles. The Balaban J connectivity index is 1.70. The predicted molar refractivity (Wildman–Crippen MR) is 101 cm³/mol. The van der Waals surface area contributed by atoms with E-state index in [9.17, 15) is 0 Å². The van der Waals surface area contributed by atoms with Gasteiger partial charge in [0.15, 0.2) is 0 Å². The highest BCUT2D eigenvalue weighted by Crippen LogP contribution is 2.26. The molecular formula is C19H35N5O. The van der Waals surface area contributed by atoms with Gasteiger partial charge in [-0.05, 0) is 24.7 Å². The number of morpholine rings is 1. The number of rotatable bonds is 6. The molecule has 3 rings (SSSR count). The van der Waals surface area contributed by atoms with Crippen LogP contribution in [0.25, 0.3) is 0 Å². The molecule has 2 saturated heterocycles. The number of aromatic nitrogens is 3. The molecule has 1 aromatic heterocycles. The third kappa shape index (κ3) is 4.73. The summed E-state index contributed by atoms with van der Waals surface area (Å²) < 4.78 is 7.85. The molecular weight excluding hydrogens is 314 g/mol. The van der Waals surface area contributed by atoms with Gasteiger partial charge in [-0.2, -0.15) is 0 Å². The van der Waals surface area contributed by atoms with Gasteiger partial charge >= 0.3 is 0 Å². The molecule has 0 N–H and O–H groups in total. The maximum Gasteiger partial charge on any atom is 0.227 e. The number of piperidine rings is 1. The molecule has 2 fully saturated rings. The van der Waals surface area contributed by atoms with Crippen LogP contribution in [-0.4, -0.2) is 65.6 Å². The molecule has 2 aliphatic rings. The van der Waals surface area contributed by atoms with Crippen molar-refractivity contribution in [2.75, 3.05) is 50.8 Å². The summed E-state index contributed by atoms with van der Waals surface area (Å²) in [5, 5.41) is 9.13. The SMILES string of the molecule is CC(C)Cn1c(C(C)C)nnc1N1CCC[C@H](CN2CCOCC2)C1. The largest absolute Gasteiger partial charge is 0.379 e. The van der Waals surface area contributed by atoms with Crippen LogP contribution in [0.5, 0.6) is 0 Å². The van der Waals surface area contributed by atoms with Crippen molar-refractivity contribution in [2.45, 2.75) is 53.0 Å². The summed E-state index contributed by atoms with van der Waals surface area (Å²) in [5.41, 5.74) is 0. The zero-order valence-electron chi connectivity index (χ0n) is 16.4. The molecule has 2 aliphatic heterocycles. The highest BCUT2D eigenvalue weighted by Gasteiger charge is 2.27. The van der Waals surface area contributed by atoms with Crippen LogP contribution in [0, 0.1) is 11.8 Å². The number of nitrogens with zero attached hydrogens (tertiary/aromatic N) is 5. The van der Waals surface area contributed by atoms with E-state index < -0.39 is 0 Å². The maximum absolute atomic E-state index is 5.48. The van der Waals surface area contributed by atoms with Crippen molar-refractivity contribution >= 4 is 5.95 Å². The Hall–Kier alpha value is -1.14. The third-order valence-corrected chi connectivity index (χ3v) is 5.25. The Labute approximate surface area is 152 Å². The van der Waals surface area contributed by atoms with Gasteiger partial charge in [-0.3, -0.25) is 9.47 Å². The van der Waals surface area contributed by atoms with Gasteiger partial charge in [-0.1, -0.05) is 27.7 Å². The van der Waals surface area contributed by atoms with Crippen molar-refractivity contribution in [2.24, 2.45) is 11.8 Å². The standard InChI is InChI=1S/C19H35N5O/c1-15(2)12-24-18(16(3)4)20-21-19(24)23-7-5-6-17(14-23)13-22-8-10-25-11-9-22/h15-17H,5-14H2,1-4H3/t17-/m1/s1. The minimum Gasteiger partial charge on any atom is -0.379 e. The van der Waals surface area contributed by atoms with Crippen molar-refractivity contribution in [1.29, 1.82) is 0 Å². The Morgan fingerprint density at radius 1 is 1.08 bits per heavy atom. The molecule has 142 valence electrons. The molecule has 0 unspecified atom stereocenters. The van der Waals surface area contributed by atoms with Gasteiger partial charge in [0.1, 0.15) is 5.82 Å². The van der Waals surface area contributed by atoms with Crippen LogP contribution in [0.2, 0.25) is 0 Å². The highest BCUT2D eigenvalue weighted by atomic mass is 16.5. The smallest absolute Gasteiger partial charge is 0.227 e. The van der Waals surface area contributed by atoms with Crippen LogP contribution in [-0.2, 0) is 11.3 Å². The zero-order valence-corrected chi connectivity index (χ0v) is 16.4. The zero-order chi connectivity index (χ0) is 17.8. The van der Waals surface area contributed by atoms with Gasteiger partial charge < -0.3 is 9.64 Å². The van der Waals surface area contributed by atoms with Gasteiger partial charge in [0.2, 0.25) is 5.95 Å². The summed E-state index contributed by atoms with van der Waals surface area (Å²) in [6, 6.07) is 0. The quantitative estimate of drug-likeness (QED) is 0.790. The monoisotopic (exact) mass is 349 g/mol. The lowest BCUT2D eigenvalue weighted by Gasteiger charge is -2.37. The van der Waals surface area contributed by atoms with E-state index in [1.165, 1.54) is 19.4 Å². The summed E-state index contributed by atoms with van der Waals surface area (Å²) in [6.45, 7) is 17.3. The number of hydrogen-bond donors (Lipinski definition) is 0. The molecule has 1 atom stereocenters. The topological polar surface area (TPSA) is 46.4 Å². The molecule has 6 nitrogen and oxygen atoms in total. The summed E-state index contributed by atoms with van der Waals surface area (Å²) in [5.74, 6) is 3.94. The number of anilines is 1. The first kappa shape index (κ1) is 18.6. The molecule has 0 amide bonds. The fraction of sp³-hybridized carbons (Fsp3) is 0.895. The summed E-state index contributed by atoms with van der Waals surface area (Å²) in [7, 11) is 0. The molecule has 0 aromatic carbocycles. The second-order valence-electron chi connectivity index (χ2n) is 8.38. The minimum atomic E-state index is 0.411.